The van der Waals surface area contributed by atoms with E-state index in [-0.39, 0.29) is 29.3 Å². The molecule has 0 radical (unpaired) electrons. The van der Waals surface area contributed by atoms with Crippen molar-refractivity contribution in [1.82, 2.24) is 15.3 Å². The predicted molar refractivity (Wildman–Crippen MR) is 62.8 cm³/mol. The number of hydrogen-bond acceptors (Lipinski definition) is 7. The number of nitrogens with one attached hydrogen (secondary N) is 2. The van der Waals surface area contributed by atoms with Gasteiger partial charge in [-0.05, 0) is 6.42 Å². The number of rotatable bonds is 4. The van der Waals surface area contributed by atoms with Crippen LogP contribution < -0.4 is 16.4 Å². The van der Waals surface area contributed by atoms with Gasteiger partial charge in [0.1, 0.15) is 6.33 Å². The molecular formula is C9H12N6O3. The molecular weight excluding hydrogens is 240 g/mol. The molecule has 1 atom stereocenters. The Hall–Kier alpha value is -2.45. The number of anilines is 2. The Balaban J connectivity index is 2.07. The molecule has 1 fully saturated rings. The van der Waals surface area contributed by atoms with Gasteiger partial charge in [0.05, 0.1) is 4.92 Å². The van der Waals surface area contributed by atoms with Crippen molar-refractivity contribution >= 4 is 23.2 Å². The van der Waals surface area contributed by atoms with Crippen molar-refractivity contribution in [3.63, 3.8) is 0 Å². The minimum absolute atomic E-state index is 0.0153. The van der Waals surface area contributed by atoms with Crippen LogP contribution in [-0.4, -0.2) is 33.4 Å². The Bertz CT molecular complexity index is 491. The van der Waals surface area contributed by atoms with E-state index in [1.54, 1.807) is 0 Å². The second-order valence-corrected chi connectivity index (χ2v) is 3.90. The van der Waals surface area contributed by atoms with Gasteiger partial charge in [-0.3, -0.25) is 14.9 Å². The minimum Gasteiger partial charge on any atom is -0.378 e. The average molecular weight is 252 g/mol. The lowest BCUT2D eigenvalue weighted by Gasteiger charge is -2.11. The molecule has 1 aromatic rings. The topological polar surface area (TPSA) is 136 Å². The van der Waals surface area contributed by atoms with E-state index in [1.807, 2.05) is 0 Å². The summed E-state index contributed by atoms with van der Waals surface area (Å²) in [6.45, 7) is 0.364. The SMILES string of the molecule is Nc1ncnc(NCC2CCC(=O)N2)c1[N+](=O)[O-]. The molecule has 1 saturated heterocycles. The zero-order valence-electron chi connectivity index (χ0n) is 9.42. The molecule has 0 saturated carbocycles. The predicted octanol–water partition coefficient (Wildman–Crippen LogP) is -0.343. The maximum absolute atomic E-state index is 11.0. The van der Waals surface area contributed by atoms with E-state index in [0.717, 1.165) is 6.33 Å². The molecule has 2 rings (SSSR count). The van der Waals surface area contributed by atoms with Gasteiger partial charge in [0, 0.05) is 19.0 Å². The van der Waals surface area contributed by atoms with Gasteiger partial charge in [0.25, 0.3) is 0 Å². The van der Waals surface area contributed by atoms with E-state index < -0.39 is 4.92 Å². The summed E-state index contributed by atoms with van der Waals surface area (Å²) >= 11 is 0. The van der Waals surface area contributed by atoms with Crippen molar-refractivity contribution in [2.24, 2.45) is 0 Å². The second kappa shape index (κ2) is 4.82. The van der Waals surface area contributed by atoms with E-state index in [4.69, 9.17) is 5.73 Å². The van der Waals surface area contributed by atoms with Crippen LogP contribution in [0, 0.1) is 10.1 Å². The van der Waals surface area contributed by atoms with E-state index in [0.29, 0.717) is 19.4 Å². The molecule has 9 heteroatoms. The molecule has 1 unspecified atom stereocenters. The highest BCUT2D eigenvalue weighted by molar-refractivity contribution is 5.78. The molecule has 96 valence electrons. The van der Waals surface area contributed by atoms with E-state index in [1.165, 1.54) is 0 Å². The Kier molecular flexibility index (Phi) is 3.22. The lowest BCUT2D eigenvalue weighted by molar-refractivity contribution is -0.383. The number of nitro groups is 1. The highest BCUT2D eigenvalue weighted by Gasteiger charge is 2.24. The zero-order chi connectivity index (χ0) is 13.1. The first-order chi connectivity index (χ1) is 8.58. The average Bonchev–Trinajstić information content (AvgIpc) is 2.72. The summed E-state index contributed by atoms with van der Waals surface area (Å²) in [4.78, 5) is 28.5. The first-order valence-electron chi connectivity index (χ1n) is 5.36. The van der Waals surface area contributed by atoms with Gasteiger partial charge in [-0.15, -0.1) is 0 Å². The lowest BCUT2D eigenvalue weighted by Crippen LogP contribution is -2.32. The van der Waals surface area contributed by atoms with Gasteiger partial charge >= 0.3 is 5.69 Å². The van der Waals surface area contributed by atoms with Crippen molar-refractivity contribution in [2.45, 2.75) is 18.9 Å². The van der Waals surface area contributed by atoms with Gasteiger partial charge in [0.2, 0.25) is 17.5 Å². The molecule has 4 N–H and O–H groups in total. The fraction of sp³-hybridized carbons (Fsp3) is 0.444. The third kappa shape index (κ3) is 2.44. The number of nitrogen functional groups attached to an aromatic ring is 1. The summed E-state index contributed by atoms with van der Waals surface area (Å²) in [6.07, 6.45) is 2.32. The van der Waals surface area contributed by atoms with Crippen LogP contribution in [0.4, 0.5) is 17.3 Å². The Morgan fingerprint density at radius 1 is 1.61 bits per heavy atom. The summed E-state index contributed by atoms with van der Waals surface area (Å²) in [7, 11) is 0. The first kappa shape index (κ1) is 12.0. The van der Waals surface area contributed by atoms with Crippen LogP contribution in [0.15, 0.2) is 6.33 Å². The highest BCUT2D eigenvalue weighted by Crippen LogP contribution is 2.26. The quantitative estimate of drug-likeness (QED) is 0.492. The molecule has 1 amide bonds. The Morgan fingerprint density at radius 2 is 2.39 bits per heavy atom. The fourth-order valence-electron chi connectivity index (χ4n) is 1.75. The normalized spacial score (nSPS) is 18.4. The monoisotopic (exact) mass is 252 g/mol. The minimum atomic E-state index is -0.634. The highest BCUT2D eigenvalue weighted by atomic mass is 16.6. The number of carbonyl (C=O) groups is 1. The van der Waals surface area contributed by atoms with Gasteiger partial charge in [-0.2, -0.15) is 0 Å². The molecule has 1 aromatic heterocycles. The molecule has 9 nitrogen and oxygen atoms in total. The smallest absolute Gasteiger partial charge is 0.352 e. The maximum Gasteiger partial charge on any atom is 0.352 e. The van der Waals surface area contributed by atoms with Crippen LogP contribution in [0.1, 0.15) is 12.8 Å². The van der Waals surface area contributed by atoms with Crippen molar-refractivity contribution in [3.8, 4) is 0 Å². The third-order valence-corrected chi connectivity index (χ3v) is 2.63. The van der Waals surface area contributed by atoms with E-state index in [2.05, 4.69) is 20.6 Å². The molecule has 0 spiro atoms. The fourth-order valence-corrected chi connectivity index (χ4v) is 1.75. The summed E-state index contributed by atoms with van der Waals surface area (Å²) in [5.74, 6) is -0.139. The summed E-state index contributed by atoms with van der Waals surface area (Å²) in [6, 6.07) is -0.0479. The van der Waals surface area contributed by atoms with Gasteiger partial charge < -0.3 is 16.4 Å². The number of aromatic nitrogens is 2. The molecule has 18 heavy (non-hydrogen) atoms. The maximum atomic E-state index is 11.0. The van der Waals surface area contributed by atoms with Crippen LogP contribution in [-0.2, 0) is 4.79 Å². The largest absolute Gasteiger partial charge is 0.378 e. The first-order valence-corrected chi connectivity index (χ1v) is 5.36. The van der Waals surface area contributed by atoms with Crippen LogP contribution >= 0.6 is 0 Å². The molecule has 1 aliphatic heterocycles. The van der Waals surface area contributed by atoms with E-state index in [9.17, 15) is 14.9 Å². The number of nitrogens with zero attached hydrogens (tertiary/aromatic N) is 3. The Labute approximate surface area is 102 Å². The lowest BCUT2D eigenvalue weighted by atomic mass is 10.2. The van der Waals surface area contributed by atoms with Crippen LogP contribution in [0.2, 0.25) is 0 Å². The van der Waals surface area contributed by atoms with Gasteiger partial charge in [0.15, 0.2) is 0 Å². The van der Waals surface area contributed by atoms with Crippen LogP contribution in [0.25, 0.3) is 0 Å². The number of amides is 1. The number of carbonyl (C=O) groups excluding carboxylic acids is 1. The van der Waals surface area contributed by atoms with Gasteiger partial charge in [-0.25, -0.2) is 9.97 Å². The summed E-state index contributed by atoms with van der Waals surface area (Å²) in [5, 5.41) is 16.4. The molecule has 0 aliphatic carbocycles. The number of nitrogens with two attached hydrogens (primary N) is 1. The summed E-state index contributed by atoms with van der Waals surface area (Å²) < 4.78 is 0. The van der Waals surface area contributed by atoms with Crippen molar-refractivity contribution in [2.75, 3.05) is 17.6 Å². The second-order valence-electron chi connectivity index (χ2n) is 3.90. The molecule has 1 aliphatic rings. The molecule has 2 heterocycles. The molecule has 0 aromatic carbocycles. The Morgan fingerprint density at radius 3 is 3.00 bits per heavy atom. The van der Waals surface area contributed by atoms with Crippen molar-refractivity contribution in [3.05, 3.63) is 16.4 Å². The number of hydrogen-bond donors (Lipinski definition) is 3. The van der Waals surface area contributed by atoms with Crippen molar-refractivity contribution in [1.29, 1.82) is 0 Å². The standard InChI is InChI=1S/C9H12N6O3/c10-8-7(15(17)18)9(13-4-12-8)11-3-5-1-2-6(16)14-5/h4-5H,1-3H2,(H,14,16)(H3,10,11,12,13). The third-order valence-electron chi connectivity index (χ3n) is 2.63. The summed E-state index contributed by atoms with van der Waals surface area (Å²) in [5.41, 5.74) is 5.08. The van der Waals surface area contributed by atoms with Crippen LogP contribution in [0.5, 0.6) is 0 Å². The van der Waals surface area contributed by atoms with Crippen molar-refractivity contribution < 1.29 is 9.72 Å². The molecule has 0 bridgehead atoms. The van der Waals surface area contributed by atoms with Crippen LogP contribution in [0.3, 0.4) is 0 Å². The van der Waals surface area contributed by atoms with Gasteiger partial charge in [-0.1, -0.05) is 0 Å². The van der Waals surface area contributed by atoms with E-state index >= 15 is 0 Å². The zero-order valence-corrected chi connectivity index (χ0v) is 9.42.